The van der Waals surface area contributed by atoms with E-state index in [0.717, 1.165) is 5.56 Å². The Balaban J connectivity index is 2.59. The summed E-state index contributed by atoms with van der Waals surface area (Å²) < 4.78 is 4.59. The SMILES string of the molecule is CNCCC(=O)Nc1cccc(CC(=O)OC)c1. The molecule has 1 aromatic carbocycles. The van der Waals surface area contributed by atoms with Crippen LogP contribution in [0.2, 0.25) is 0 Å². The summed E-state index contributed by atoms with van der Waals surface area (Å²) in [5.74, 6) is -0.353. The van der Waals surface area contributed by atoms with Crippen LogP contribution in [0.3, 0.4) is 0 Å². The van der Waals surface area contributed by atoms with Gasteiger partial charge < -0.3 is 15.4 Å². The van der Waals surface area contributed by atoms with Crippen LogP contribution in [0.15, 0.2) is 24.3 Å². The molecule has 0 radical (unpaired) electrons. The van der Waals surface area contributed by atoms with E-state index < -0.39 is 0 Å². The van der Waals surface area contributed by atoms with Crippen molar-refractivity contribution in [2.75, 3.05) is 26.0 Å². The number of nitrogens with one attached hydrogen (secondary N) is 2. The Morgan fingerprint density at radius 3 is 2.78 bits per heavy atom. The predicted molar refractivity (Wildman–Crippen MR) is 69.3 cm³/mol. The van der Waals surface area contributed by atoms with Crippen molar-refractivity contribution in [2.45, 2.75) is 12.8 Å². The molecule has 5 heteroatoms. The number of amides is 1. The van der Waals surface area contributed by atoms with E-state index >= 15 is 0 Å². The van der Waals surface area contributed by atoms with Crippen LogP contribution in [0.5, 0.6) is 0 Å². The molecule has 98 valence electrons. The lowest BCUT2D eigenvalue weighted by atomic mass is 10.1. The molecule has 0 fully saturated rings. The topological polar surface area (TPSA) is 67.4 Å². The highest BCUT2D eigenvalue weighted by Gasteiger charge is 2.05. The van der Waals surface area contributed by atoms with Gasteiger partial charge in [-0.25, -0.2) is 0 Å². The highest BCUT2D eigenvalue weighted by molar-refractivity contribution is 5.91. The molecule has 0 bridgehead atoms. The van der Waals surface area contributed by atoms with Crippen LogP contribution in [-0.2, 0) is 20.7 Å². The number of ether oxygens (including phenoxy) is 1. The second-order valence-corrected chi connectivity index (χ2v) is 3.86. The van der Waals surface area contributed by atoms with E-state index in [9.17, 15) is 9.59 Å². The Morgan fingerprint density at radius 1 is 1.33 bits per heavy atom. The molecule has 18 heavy (non-hydrogen) atoms. The van der Waals surface area contributed by atoms with E-state index in [1.807, 2.05) is 6.07 Å². The predicted octanol–water partition coefficient (Wildman–Crippen LogP) is 0.950. The molecule has 0 saturated heterocycles. The number of anilines is 1. The Kier molecular flexibility index (Phi) is 5.87. The first-order valence-corrected chi connectivity index (χ1v) is 5.76. The Labute approximate surface area is 107 Å². The van der Waals surface area contributed by atoms with Crippen LogP contribution in [0.25, 0.3) is 0 Å². The number of methoxy groups -OCH3 is 1. The summed E-state index contributed by atoms with van der Waals surface area (Å²) in [6.07, 6.45) is 0.619. The number of esters is 1. The fraction of sp³-hybridized carbons (Fsp3) is 0.385. The minimum Gasteiger partial charge on any atom is -0.469 e. The number of hydrogen-bond acceptors (Lipinski definition) is 4. The van der Waals surface area contributed by atoms with Crippen LogP contribution in [0.4, 0.5) is 5.69 Å². The van der Waals surface area contributed by atoms with Gasteiger partial charge in [-0.1, -0.05) is 12.1 Å². The van der Waals surface area contributed by atoms with Crippen molar-refractivity contribution in [3.05, 3.63) is 29.8 Å². The lowest BCUT2D eigenvalue weighted by Gasteiger charge is -2.07. The average Bonchev–Trinajstić information content (AvgIpc) is 2.36. The largest absolute Gasteiger partial charge is 0.469 e. The molecule has 1 rings (SSSR count). The molecule has 1 amide bonds. The standard InChI is InChI=1S/C13H18N2O3/c1-14-7-6-12(16)15-11-5-3-4-10(8-11)9-13(17)18-2/h3-5,8,14H,6-7,9H2,1-2H3,(H,15,16). The molecular formula is C13H18N2O3. The molecule has 0 unspecified atom stereocenters. The van der Waals surface area contributed by atoms with Crippen LogP contribution in [0, 0.1) is 0 Å². The van der Waals surface area contributed by atoms with Gasteiger partial charge in [0.1, 0.15) is 0 Å². The normalized spacial score (nSPS) is 9.89. The number of benzene rings is 1. The van der Waals surface area contributed by atoms with Crippen molar-refractivity contribution in [3.63, 3.8) is 0 Å². The zero-order valence-electron chi connectivity index (χ0n) is 10.7. The molecular weight excluding hydrogens is 232 g/mol. The highest BCUT2D eigenvalue weighted by Crippen LogP contribution is 2.11. The molecule has 0 aliphatic rings. The Morgan fingerprint density at radius 2 is 2.11 bits per heavy atom. The van der Waals surface area contributed by atoms with Gasteiger partial charge in [0.2, 0.25) is 5.91 Å². The molecule has 0 aliphatic heterocycles. The van der Waals surface area contributed by atoms with Gasteiger partial charge in [0.15, 0.2) is 0 Å². The Hall–Kier alpha value is -1.88. The monoisotopic (exact) mass is 250 g/mol. The van der Waals surface area contributed by atoms with E-state index in [2.05, 4.69) is 15.4 Å². The third-order valence-electron chi connectivity index (χ3n) is 2.39. The molecule has 0 saturated carbocycles. The molecule has 2 N–H and O–H groups in total. The summed E-state index contributed by atoms with van der Waals surface area (Å²) >= 11 is 0. The quantitative estimate of drug-likeness (QED) is 0.738. The van der Waals surface area contributed by atoms with Crippen LogP contribution < -0.4 is 10.6 Å². The summed E-state index contributed by atoms with van der Waals surface area (Å²) in [7, 11) is 3.15. The lowest BCUT2D eigenvalue weighted by Crippen LogP contribution is -2.18. The first kappa shape index (κ1) is 14.2. The fourth-order valence-electron chi connectivity index (χ4n) is 1.46. The van der Waals surface area contributed by atoms with E-state index in [1.54, 1.807) is 25.2 Å². The fourth-order valence-corrected chi connectivity index (χ4v) is 1.46. The van der Waals surface area contributed by atoms with Crippen molar-refractivity contribution in [1.29, 1.82) is 0 Å². The van der Waals surface area contributed by atoms with E-state index in [-0.39, 0.29) is 18.3 Å². The zero-order chi connectivity index (χ0) is 13.4. The number of rotatable bonds is 6. The first-order chi connectivity index (χ1) is 8.65. The molecule has 0 spiro atoms. The molecule has 1 aromatic rings. The minimum atomic E-state index is -0.298. The molecule has 0 aromatic heterocycles. The molecule has 0 heterocycles. The van der Waals surface area contributed by atoms with Gasteiger partial charge in [0, 0.05) is 18.7 Å². The van der Waals surface area contributed by atoms with Crippen molar-refractivity contribution in [3.8, 4) is 0 Å². The average molecular weight is 250 g/mol. The summed E-state index contributed by atoms with van der Waals surface area (Å²) in [5.41, 5.74) is 1.51. The van der Waals surface area contributed by atoms with Crippen molar-refractivity contribution in [1.82, 2.24) is 5.32 Å². The molecule has 0 atom stereocenters. The smallest absolute Gasteiger partial charge is 0.309 e. The van der Waals surface area contributed by atoms with Crippen molar-refractivity contribution < 1.29 is 14.3 Å². The van der Waals surface area contributed by atoms with Gasteiger partial charge in [-0.3, -0.25) is 9.59 Å². The summed E-state index contributed by atoms with van der Waals surface area (Å²) in [6, 6.07) is 7.18. The first-order valence-electron chi connectivity index (χ1n) is 5.76. The number of hydrogen-bond donors (Lipinski definition) is 2. The number of carbonyl (C=O) groups excluding carboxylic acids is 2. The van der Waals surface area contributed by atoms with Gasteiger partial charge in [0.05, 0.1) is 13.5 Å². The minimum absolute atomic E-state index is 0.0560. The summed E-state index contributed by atoms with van der Waals surface area (Å²) in [4.78, 5) is 22.7. The van der Waals surface area contributed by atoms with E-state index in [0.29, 0.717) is 18.7 Å². The lowest BCUT2D eigenvalue weighted by molar-refractivity contribution is -0.139. The van der Waals surface area contributed by atoms with Crippen molar-refractivity contribution >= 4 is 17.6 Å². The van der Waals surface area contributed by atoms with Gasteiger partial charge >= 0.3 is 5.97 Å². The van der Waals surface area contributed by atoms with Gasteiger partial charge in [-0.2, -0.15) is 0 Å². The van der Waals surface area contributed by atoms with Gasteiger partial charge in [-0.15, -0.1) is 0 Å². The van der Waals surface area contributed by atoms with E-state index in [4.69, 9.17) is 0 Å². The molecule has 5 nitrogen and oxygen atoms in total. The summed E-state index contributed by atoms with van der Waals surface area (Å²) in [6.45, 7) is 0.633. The molecule has 0 aliphatic carbocycles. The maximum absolute atomic E-state index is 11.5. The van der Waals surface area contributed by atoms with Gasteiger partial charge in [0.25, 0.3) is 0 Å². The third kappa shape index (κ3) is 4.97. The highest BCUT2D eigenvalue weighted by atomic mass is 16.5. The maximum atomic E-state index is 11.5. The van der Waals surface area contributed by atoms with Crippen LogP contribution >= 0.6 is 0 Å². The number of carbonyl (C=O) groups is 2. The Bertz CT molecular complexity index is 418. The van der Waals surface area contributed by atoms with E-state index in [1.165, 1.54) is 7.11 Å². The maximum Gasteiger partial charge on any atom is 0.309 e. The second-order valence-electron chi connectivity index (χ2n) is 3.86. The van der Waals surface area contributed by atoms with Crippen LogP contribution in [-0.4, -0.2) is 32.6 Å². The second kappa shape index (κ2) is 7.45. The van der Waals surface area contributed by atoms with Crippen LogP contribution in [0.1, 0.15) is 12.0 Å². The third-order valence-corrected chi connectivity index (χ3v) is 2.39. The van der Waals surface area contributed by atoms with Crippen molar-refractivity contribution in [2.24, 2.45) is 0 Å². The van der Waals surface area contributed by atoms with Gasteiger partial charge in [-0.05, 0) is 24.7 Å². The zero-order valence-corrected chi connectivity index (χ0v) is 10.7. The summed E-state index contributed by atoms with van der Waals surface area (Å²) in [5, 5.41) is 5.68.